The molecule has 0 aliphatic heterocycles. The molecule has 1 aromatic carbocycles. The van der Waals surface area contributed by atoms with Crippen LogP contribution in [0.5, 0.6) is 11.5 Å². The average Bonchev–Trinajstić information content (AvgIpc) is 3.35. The van der Waals surface area contributed by atoms with Gasteiger partial charge in [-0.05, 0) is 37.0 Å². The van der Waals surface area contributed by atoms with Gasteiger partial charge < -0.3 is 14.0 Å². The topological polar surface area (TPSA) is 60.6 Å². The van der Waals surface area contributed by atoms with Crippen LogP contribution in [0.1, 0.15) is 44.0 Å². The normalized spacial score (nSPS) is 14.3. The zero-order chi connectivity index (χ0) is 17.8. The molecule has 1 saturated carbocycles. The van der Waals surface area contributed by atoms with Gasteiger partial charge in [0.1, 0.15) is 11.5 Å². The van der Waals surface area contributed by atoms with Gasteiger partial charge in [-0.25, -0.2) is 0 Å². The predicted molar refractivity (Wildman–Crippen MR) is 94.7 cm³/mol. The number of methoxy groups -OCH3 is 2. The van der Waals surface area contributed by atoms with Gasteiger partial charge in [0.2, 0.25) is 5.89 Å². The lowest BCUT2D eigenvalue weighted by atomic mass is 10.1. The molecule has 0 radical (unpaired) electrons. The monoisotopic (exact) mass is 345 g/mol. The molecule has 0 atom stereocenters. The maximum atomic E-state index is 5.51. The van der Waals surface area contributed by atoms with E-state index in [2.05, 4.69) is 28.9 Å². The van der Waals surface area contributed by atoms with Gasteiger partial charge in [0, 0.05) is 24.6 Å². The van der Waals surface area contributed by atoms with Gasteiger partial charge in [-0.2, -0.15) is 4.98 Å². The highest BCUT2D eigenvalue weighted by atomic mass is 16.5. The van der Waals surface area contributed by atoms with E-state index in [-0.39, 0.29) is 0 Å². The summed E-state index contributed by atoms with van der Waals surface area (Å²) in [6.07, 6.45) is 3.26. The second-order valence-electron chi connectivity index (χ2n) is 7.02. The SMILES string of the molecule is COc1ccc(OC)c(CN(Cc2nc(CC(C)C)no2)C2CC2)c1. The first-order chi connectivity index (χ1) is 12.1. The second-order valence-corrected chi connectivity index (χ2v) is 7.02. The highest BCUT2D eigenvalue weighted by Crippen LogP contribution is 2.32. The van der Waals surface area contributed by atoms with Gasteiger partial charge >= 0.3 is 0 Å². The van der Waals surface area contributed by atoms with Crippen LogP contribution in [0.2, 0.25) is 0 Å². The Kier molecular flexibility index (Phi) is 5.58. The molecule has 1 aromatic heterocycles. The third kappa shape index (κ3) is 4.72. The summed E-state index contributed by atoms with van der Waals surface area (Å²) in [6.45, 7) is 5.74. The Morgan fingerprint density at radius 3 is 2.64 bits per heavy atom. The minimum absolute atomic E-state index is 0.519. The lowest BCUT2D eigenvalue weighted by Crippen LogP contribution is -2.25. The van der Waals surface area contributed by atoms with E-state index >= 15 is 0 Å². The molecule has 0 saturated heterocycles. The first kappa shape index (κ1) is 17.7. The van der Waals surface area contributed by atoms with Crippen molar-refractivity contribution in [1.82, 2.24) is 15.0 Å². The van der Waals surface area contributed by atoms with Crippen LogP contribution < -0.4 is 9.47 Å². The smallest absolute Gasteiger partial charge is 0.240 e. The fourth-order valence-electron chi connectivity index (χ4n) is 2.95. The molecule has 1 fully saturated rings. The Morgan fingerprint density at radius 2 is 2.00 bits per heavy atom. The van der Waals surface area contributed by atoms with Gasteiger partial charge in [-0.15, -0.1) is 0 Å². The summed E-state index contributed by atoms with van der Waals surface area (Å²) in [5.41, 5.74) is 1.11. The zero-order valence-electron chi connectivity index (χ0n) is 15.5. The second kappa shape index (κ2) is 7.87. The van der Waals surface area contributed by atoms with E-state index in [1.54, 1.807) is 14.2 Å². The van der Waals surface area contributed by atoms with Gasteiger partial charge in [-0.1, -0.05) is 19.0 Å². The van der Waals surface area contributed by atoms with Crippen molar-refractivity contribution in [2.24, 2.45) is 5.92 Å². The van der Waals surface area contributed by atoms with Crippen molar-refractivity contribution in [3.05, 3.63) is 35.5 Å². The molecule has 1 aliphatic rings. The van der Waals surface area contributed by atoms with Crippen molar-refractivity contribution in [1.29, 1.82) is 0 Å². The largest absolute Gasteiger partial charge is 0.497 e. The Bertz CT molecular complexity index is 695. The van der Waals surface area contributed by atoms with Crippen LogP contribution in [0.25, 0.3) is 0 Å². The fourth-order valence-corrected chi connectivity index (χ4v) is 2.95. The number of aromatic nitrogens is 2. The summed E-state index contributed by atoms with van der Waals surface area (Å²) in [7, 11) is 3.38. The molecule has 0 bridgehead atoms. The van der Waals surface area contributed by atoms with Gasteiger partial charge in [0.25, 0.3) is 0 Å². The van der Waals surface area contributed by atoms with Crippen molar-refractivity contribution in [3.63, 3.8) is 0 Å². The minimum atomic E-state index is 0.519. The predicted octanol–water partition coefficient (Wildman–Crippen LogP) is 3.45. The quantitative estimate of drug-likeness (QED) is 0.694. The van der Waals surface area contributed by atoms with Crippen molar-refractivity contribution in [3.8, 4) is 11.5 Å². The maximum absolute atomic E-state index is 5.51. The van der Waals surface area contributed by atoms with E-state index in [9.17, 15) is 0 Å². The molecular formula is C19H27N3O3. The highest BCUT2D eigenvalue weighted by molar-refractivity contribution is 5.40. The molecule has 0 N–H and O–H groups in total. The van der Waals surface area contributed by atoms with Crippen molar-refractivity contribution < 1.29 is 14.0 Å². The maximum Gasteiger partial charge on any atom is 0.240 e. The Labute approximate surface area is 149 Å². The highest BCUT2D eigenvalue weighted by Gasteiger charge is 2.31. The van der Waals surface area contributed by atoms with Crippen LogP contribution in [0, 0.1) is 5.92 Å². The molecule has 0 amide bonds. The molecule has 1 heterocycles. The van der Waals surface area contributed by atoms with E-state index < -0.39 is 0 Å². The molecule has 1 aliphatic carbocycles. The van der Waals surface area contributed by atoms with Gasteiger partial charge in [-0.3, -0.25) is 4.90 Å². The Balaban J connectivity index is 1.73. The van der Waals surface area contributed by atoms with Crippen LogP contribution in [0.15, 0.2) is 22.7 Å². The molecule has 3 rings (SSSR count). The lowest BCUT2D eigenvalue weighted by Gasteiger charge is -2.21. The standard InChI is InChI=1S/C19H27N3O3/c1-13(2)9-18-20-19(25-21-18)12-22(15-5-6-15)11-14-10-16(23-3)7-8-17(14)24-4/h7-8,10,13,15H,5-6,9,11-12H2,1-4H3. The minimum Gasteiger partial charge on any atom is -0.497 e. The van der Waals surface area contributed by atoms with Crippen LogP contribution >= 0.6 is 0 Å². The molecule has 6 nitrogen and oxygen atoms in total. The van der Waals surface area contributed by atoms with E-state index in [0.29, 0.717) is 24.4 Å². The lowest BCUT2D eigenvalue weighted by molar-refractivity contribution is 0.207. The number of hydrogen-bond acceptors (Lipinski definition) is 6. The van der Waals surface area contributed by atoms with Crippen LogP contribution in [0.3, 0.4) is 0 Å². The molecule has 6 heteroatoms. The number of hydrogen-bond donors (Lipinski definition) is 0. The van der Waals surface area contributed by atoms with E-state index in [1.807, 2.05) is 18.2 Å². The summed E-state index contributed by atoms with van der Waals surface area (Å²) in [5.74, 6) is 3.70. The summed E-state index contributed by atoms with van der Waals surface area (Å²) >= 11 is 0. The average molecular weight is 345 g/mol. The first-order valence-electron chi connectivity index (χ1n) is 8.85. The van der Waals surface area contributed by atoms with E-state index in [0.717, 1.165) is 35.9 Å². The van der Waals surface area contributed by atoms with E-state index in [1.165, 1.54) is 12.8 Å². The number of ether oxygens (including phenoxy) is 2. The van der Waals surface area contributed by atoms with Crippen molar-refractivity contribution in [2.75, 3.05) is 14.2 Å². The van der Waals surface area contributed by atoms with E-state index in [4.69, 9.17) is 14.0 Å². The van der Waals surface area contributed by atoms with Crippen molar-refractivity contribution in [2.45, 2.75) is 52.2 Å². The zero-order valence-corrected chi connectivity index (χ0v) is 15.5. The summed E-state index contributed by atoms with van der Waals surface area (Å²) in [6, 6.07) is 6.47. The third-order valence-corrected chi connectivity index (χ3v) is 4.36. The Morgan fingerprint density at radius 1 is 1.20 bits per heavy atom. The molecule has 2 aromatic rings. The first-order valence-corrected chi connectivity index (χ1v) is 8.85. The molecular weight excluding hydrogens is 318 g/mol. The van der Waals surface area contributed by atoms with Crippen molar-refractivity contribution >= 4 is 0 Å². The third-order valence-electron chi connectivity index (χ3n) is 4.36. The Hall–Kier alpha value is -2.08. The number of rotatable bonds is 9. The number of nitrogens with zero attached hydrogens (tertiary/aromatic N) is 3. The van der Waals surface area contributed by atoms with Crippen LogP contribution in [-0.2, 0) is 19.5 Å². The fraction of sp³-hybridized carbons (Fsp3) is 0.579. The molecule has 0 spiro atoms. The summed E-state index contributed by atoms with van der Waals surface area (Å²) in [5, 5.41) is 4.10. The molecule has 25 heavy (non-hydrogen) atoms. The van der Waals surface area contributed by atoms with Crippen LogP contribution in [-0.4, -0.2) is 35.3 Å². The number of benzene rings is 1. The molecule has 0 unspecified atom stereocenters. The van der Waals surface area contributed by atoms with Gasteiger partial charge in [0.05, 0.1) is 20.8 Å². The van der Waals surface area contributed by atoms with Gasteiger partial charge in [0.15, 0.2) is 5.82 Å². The van der Waals surface area contributed by atoms with Crippen LogP contribution in [0.4, 0.5) is 0 Å². The molecule has 136 valence electrons. The summed E-state index contributed by atoms with van der Waals surface area (Å²) in [4.78, 5) is 6.92. The summed E-state index contributed by atoms with van der Waals surface area (Å²) < 4.78 is 16.3.